The summed E-state index contributed by atoms with van der Waals surface area (Å²) < 4.78 is 53.8. The highest BCUT2D eigenvalue weighted by Gasteiger charge is 2.52. The van der Waals surface area contributed by atoms with Gasteiger partial charge in [-0.1, -0.05) is 170 Å². The van der Waals surface area contributed by atoms with Gasteiger partial charge in [-0.15, -0.1) is 57.0 Å². The monoisotopic (exact) mass is 1390 g/mol. The summed E-state index contributed by atoms with van der Waals surface area (Å²) in [5.41, 5.74) is 6.52. The van der Waals surface area contributed by atoms with Crippen molar-refractivity contribution in [3.63, 3.8) is 0 Å². The summed E-state index contributed by atoms with van der Waals surface area (Å²) in [6.07, 6.45) is 33.6. The van der Waals surface area contributed by atoms with E-state index in [2.05, 4.69) is 63.7 Å². The van der Waals surface area contributed by atoms with Crippen LogP contribution in [-0.2, 0) is 0 Å². The molecule has 0 saturated heterocycles. The molecule has 0 bridgehead atoms. The minimum atomic E-state index is -2.04. The van der Waals surface area contributed by atoms with Gasteiger partial charge in [-0.2, -0.15) is 0 Å². The zero-order valence-electron chi connectivity index (χ0n) is 41.0. The fourth-order valence-electron chi connectivity index (χ4n) is 12.7. The van der Waals surface area contributed by atoms with E-state index in [0.29, 0.717) is 53.2 Å². The van der Waals surface area contributed by atoms with Gasteiger partial charge in [0.1, 0.15) is 42.8 Å². The normalized spacial score (nSPS) is 19.6. The molecule has 3 nitrogen and oxygen atoms in total. The molecule has 6 saturated carbocycles. The molecular weight excluding hydrogens is 1320 g/mol. The van der Waals surface area contributed by atoms with Crippen molar-refractivity contribution >= 4 is 144 Å². The average Bonchev–Trinajstić information content (AvgIpc) is 4.22. The Labute approximate surface area is 484 Å². The Morgan fingerprint density at radius 3 is 0.986 bits per heavy atom. The second-order valence-electron chi connectivity index (χ2n) is 20.7. The van der Waals surface area contributed by atoms with E-state index in [1.165, 1.54) is 197 Å². The first-order valence-electron chi connectivity index (χ1n) is 26.0. The number of rotatable bonds is 14. The van der Waals surface area contributed by atoms with E-state index >= 15 is 0 Å². The maximum Gasteiger partial charge on any atom is 0.257 e. The molecule has 0 aromatic heterocycles. The molecule has 0 heterocycles. The van der Waals surface area contributed by atoms with Crippen molar-refractivity contribution in [1.29, 1.82) is 0 Å². The predicted molar refractivity (Wildman–Crippen MR) is 318 cm³/mol. The Kier molecular flexibility index (Phi) is 28.3. The summed E-state index contributed by atoms with van der Waals surface area (Å²) >= 11 is 43.7. The maximum absolute atomic E-state index is 13.6. The summed E-state index contributed by atoms with van der Waals surface area (Å²) in [6, 6.07) is 12.9. The van der Waals surface area contributed by atoms with Crippen molar-refractivity contribution in [3.05, 3.63) is 85.5 Å². The minimum Gasteiger partial charge on any atom is -0.507 e. The fraction of sp³-hybridized carbons (Fsp3) is 0.660. The van der Waals surface area contributed by atoms with Crippen molar-refractivity contribution in [2.24, 2.45) is 0 Å². The lowest BCUT2D eigenvalue weighted by molar-refractivity contribution is 0.327. The van der Waals surface area contributed by atoms with Crippen LogP contribution in [0.5, 0.6) is 17.2 Å². The van der Waals surface area contributed by atoms with E-state index in [0.717, 1.165) is 33.2 Å². The highest BCUT2D eigenvalue weighted by Crippen LogP contribution is 2.55. The molecular formula is C53H74Br4Cl5F3O3Si3. The number of hydrogen-bond acceptors (Lipinski definition) is 3. The zero-order valence-corrected chi connectivity index (χ0v) is 54.1. The third-order valence-electron chi connectivity index (χ3n) is 16.7. The molecule has 0 radical (unpaired) electrons. The standard InChI is InChI=1S/C24H28Br2F2O2Si.C12H22Cl2Si.C10H18Cl2Si.C6H4BrFO.CH2BrCl/c25-21-13-17(27)9-11-23(21)29-15-31(19-5-1-2-6-19,20-7-3-4-8-20)16-30-24-12-10-18(28)14-22(24)26;13-9-15(10-14,11-5-1-2-6-11)12-7-3-4-8-12;11-13(12,9-5-1-2-6-9)10-7-3-4-8-10;7-5-3-4(8)1-2-6(5)9;2-1-3/h9-14,19-20H,1-8,15-16H2;11-12H,1-10H2;9-10H,1-8H2;1-3,9H;1H2. The number of halogens is 12. The second kappa shape index (κ2) is 32.1. The Bertz CT molecular complexity index is 1910. The van der Waals surface area contributed by atoms with Gasteiger partial charge in [0.2, 0.25) is 0 Å². The summed E-state index contributed by atoms with van der Waals surface area (Å²) in [5.74, 6) is 0.517. The molecule has 18 heteroatoms. The highest BCUT2D eigenvalue weighted by molar-refractivity contribution is 9.11. The first-order chi connectivity index (χ1) is 34.1. The number of phenols is 1. The molecule has 9 rings (SSSR count). The summed E-state index contributed by atoms with van der Waals surface area (Å²) in [6.45, 7) is -1.89. The third-order valence-corrected chi connectivity index (χ3v) is 39.7. The van der Waals surface area contributed by atoms with E-state index in [1.54, 1.807) is 12.1 Å². The van der Waals surface area contributed by atoms with Gasteiger partial charge in [-0.3, -0.25) is 0 Å². The lowest BCUT2D eigenvalue weighted by Crippen LogP contribution is -2.55. The third kappa shape index (κ3) is 18.2. The van der Waals surface area contributed by atoms with Gasteiger partial charge in [0, 0.05) is 11.0 Å². The first-order valence-corrected chi connectivity index (χ1v) is 40.5. The molecule has 0 unspecified atom stereocenters. The molecule has 3 aromatic carbocycles. The van der Waals surface area contributed by atoms with E-state index in [-0.39, 0.29) is 23.2 Å². The van der Waals surface area contributed by atoms with Crippen LogP contribution in [0.2, 0.25) is 33.2 Å². The van der Waals surface area contributed by atoms with Crippen LogP contribution in [-0.4, -0.2) is 56.2 Å². The van der Waals surface area contributed by atoms with Gasteiger partial charge in [-0.25, -0.2) is 13.2 Å². The molecule has 1 N–H and O–H groups in total. The quantitative estimate of drug-likeness (QED) is 0.0993. The van der Waals surface area contributed by atoms with Gasteiger partial charge >= 0.3 is 0 Å². The molecule has 6 aliphatic carbocycles. The molecule has 0 amide bonds. The van der Waals surface area contributed by atoms with Crippen molar-refractivity contribution < 1.29 is 27.8 Å². The van der Waals surface area contributed by atoms with Gasteiger partial charge in [0.15, 0.2) is 0 Å². The topological polar surface area (TPSA) is 38.7 Å². The van der Waals surface area contributed by atoms with E-state index in [9.17, 15) is 13.2 Å². The fourth-order valence-corrected chi connectivity index (χ4v) is 33.5. The van der Waals surface area contributed by atoms with E-state index < -0.39 is 22.8 Å². The van der Waals surface area contributed by atoms with Crippen LogP contribution in [0.4, 0.5) is 13.2 Å². The largest absolute Gasteiger partial charge is 0.507 e. The van der Waals surface area contributed by atoms with Crippen LogP contribution < -0.4 is 9.47 Å². The van der Waals surface area contributed by atoms with Crippen LogP contribution in [0, 0.1) is 17.5 Å². The maximum atomic E-state index is 13.6. The van der Waals surface area contributed by atoms with Gasteiger partial charge in [0.05, 0.1) is 38.7 Å². The Morgan fingerprint density at radius 1 is 0.451 bits per heavy atom. The van der Waals surface area contributed by atoms with Crippen LogP contribution in [0.1, 0.15) is 154 Å². The van der Waals surface area contributed by atoms with E-state index in [1.807, 2.05) is 0 Å². The Hall–Kier alpha value is 0.871. The van der Waals surface area contributed by atoms with Gasteiger partial charge in [0.25, 0.3) is 6.69 Å². The second-order valence-corrected chi connectivity index (χ2v) is 43.0. The zero-order chi connectivity index (χ0) is 51.4. The molecule has 6 fully saturated rings. The minimum absolute atomic E-state index is 0.0522. The number of ether oxygens (including phenoxy) is 2. The van der Waals surface area contributed by atoms with Crippen LogP contribution in [0.25, 0.3) is 0 Å². The summed E-state index contributed by atoms with van der Waals surface area (Å²) in [7, 11) is -3.39. The van der Waals surface area contributed by atoms with Crippen molar-refractivity contribution in [1.82, 2.24) is 0 Å². The number of aromatic hydroxyl groups is 1. The number of benzene rings is 3. The van der Waals surface area contributed by atoms with Crippen LogP contribution in [0.3, 0.4) is 0 Å². The van der Waals surface area contributed by atoms with Crippen molar-refractivity contribution in [3.8, 4) is 17.2 Å². The molecule has 400 valence electrons. The number of hydrogen-bond donors (Lipinski definition) is 1. The van der Waals surface area contributed by atoms with Gasteiger partial charge in [-0.05, 0) is 136 Å². The smallest absolute Gasteiger partial charge is 0.257 e. The SMILES string of the molecule is ClCBr.ClC[Si](CCl)(C1CCCC1)C1CCCC1.Cl[Si](Cl)(C1CCCC1)C1CCCC1.Fc1ccc(OC[Si](COc2ccc(F)cc2Br)(C2CCCC2)C2CCCC2)c(Br)c1.Oc1ccc(F)cc1Br. The average molecular weight is 1400 g/mol. The van der Waals surface area contributed by atoms with E-state index in [4.69, 9.17) is 71.5 Å². The number of alkyl halides is 4. The summed E-state index contributed by atoms with van der Waals surface area (Å²) in [4.78, 5) is 0.535. The summed E-state index contributed by atoms with van der Waals surface area (Å²) in [5, 5.41) is 8.83. The molecule has 0 spiro atoms. The highest BCUT2D eigenvalue weighted by atomic mass is 79.9. The van der Waals surface area contributed by atoms with Crippen molar-refractivity contribution in [2.45, 2.75) is 187 Å². The predicted octanol–water partition coefficient (Wildman–Crippen LogP) is 21.9. The lowest BCUT2D eigenvalue weighted by atomic mass is 10.3. The first kappa shape index (κ1) is 62.7. The van der Waals surface area contributed by atoms with Gasteiger partial charge < -0.3 is 14.6 Å². The van der Waals surface area contributed by atoms with Crippen molar-refractivity contribution in [2.75, 3.05) is 28.3 Å². The number of phenolic OH excluding ortho intramolecular Hbond substituents is 1. The molecule has 71 heavy (non-hydrogen) atoms. The van der Waals surface area contributed by atoms with Crippen LogP contribution in [0.15, 0.2) is 68.0 Å². The molecule has 0 aliphatic heterocycles. The molecule has 0 atom stereocenters. The molecule has 3 aromatic rings. The Morgan fingerprint density at radius 2 is 0.718 bits per heavy atom. The Balaban J connectivity index is 0.000000194. The lowest BCUT2D eigenvalue weighted by Gasteiger charge is -2.41. The van der Waals surface area contributed by atoms with Crippen LogP contribution >= 0.6 is 121 Å². The molecule has 6 aliphatic rings.